The van der Waals surface area contributed by atoms with E-state index in [-0.39, 0.29) is 31.3 Å². The number of alkyl carbamates (subject to hydrolysis) is 1. The van der Waals surface area contributed by atoms with Crippen LogP contribution < -0.4 is 16.4 Å². The van der Waals surface area contributed by atoms with Crippen molar-refractivity contribution in [3.8, 4) is 0 Å². The number of hydrogen-bond acceptors (Lipinski definition) is 5. The van der Waals surface area contributed by atoms with E-state index in [1.54, 1.807) is 27.7 Å². The Kier molecular flexibility index (Phi) is 10.7. The van der Waals surface area contributed by atoms with Crippen LogP contribution in [0.2, 0.25) is 0 Å². The third kappa shape index (κ3) is 9.17. The predicted molar refractivity (Wildman–Crippen MR) is 138 cm³/mol. The summed E-state index contributed by atoms with van der Waals surface area (Å²) in [4.78, 5) is 52.9. The molecular formula is C27H42N4O5. The number of nitrogens with two attached hydrogens (primary N) is 1. The minimum atomic E-state index is -1.08. The first-order valence-corrected chi connectivity index (χ1v) is 12.9. The summed E-state index contributed by atoms with van der Waals surface area (Å²) in [5.41, 5.74) is 6.21. The molecule has 4 amide bonds. The molecule has 1 saturated carbocycles. The van der Waals surface area contributed by atoms with E-state index < -0.39 is 35.6 Å². The highest BCUT2D eigenvalue weighted by molar-refractivity contribution is 5.92. The van der Waals surface area contributed by atoms with Crippen LogP contribution in [0.5, 0.6) is 0 Å². The zero-order valence-corrected chi connectivity index (χ0v) is 22.3. The number of carbonyl (C=O) groups excluding carboxylic acids is 4. The molecule has 0 heterocycles. The van der Waals surface area contributed by atoms with Gasteiger partial charge in [0.1, 0.15) is 17.7 Å². The van der Waals surface area contributed by atoms with Crippen LogP contribution >= 0.6 is 0 Å². The van der Waals surface area contributed by atoms with E-state index in [1.807, 2.05) is 31.2 Å². The third-order valence-electron chi connectivity index (χ3n) is 6.16. The molecule has 0 bridgehead atoms. The van der Waals surface area contributed by atoms with Gasteiger partial charge in [-0.15, -0.1) is 0 Å². The Morgan fingerprint density at radius 2 is 1.81 bits per heavy atom. The van der Waals surface area contributed by atoms with Crippen LogP contribution in [0.1, 0.15) is 89.8 Å². The second-order valence-corrected chi connectivity index (χ2v) is 10.5. The Balaban J connectivity index is 2.37. The minimum Gasteiger partial charge on any atom is -0.444 e. The van der Waals surface area contributed by atoms with Crippen molar-refractivity contribution in [3.05, 3.63) is 35.4 Å². The van der Waals surface area contributed by atoms with Gasteiger partial charge in [-0.05, 0) is 59.4 Å². The Labute approximate surface area is 214 Å². The number of amides is 4. The first-order chi connectivity index (χ1) is 16.9. The molecule has 36 heavy (non-hydrogen) atoms. The molecule has 1 aliphatic rings. The van der Waals surface area contributed by atoms with Crippen molar-refractivity contribution < 1.29 is 23.9 Å². The van der Waals surface area contributed by atoms with E-state index in [0.717, 1.165) is 37.7 Å². The largest absolute Gasteiger partial charge is 0.444 e. The second-order valence-electron chi connectivity index (χ2n) is 10.5. The summed E-state index contributed by atoms with van der Waals surface area (Å²) in [6.07, 6.45) is 4.21. The average Bonchev–Trinajstić information content (AvgIpc) is 2.78. The molecule has 1 aromatic carbocycles. The number of nitrogens with zero attached hydrogens (tertiary/aromatic N) is 1. The predicted octanol–water partition coefficient (Wildman–Crippen LogP) is 3.49. The van der Waals surface area contributed by atoms with E-state index >= 15 is 0 Å². The lowest BCUT2D eigenvalue weighted by Gasteiger charge is -2.35. The molecular weight excluding hydrogens is 460 g/mol. The van der Waals surface area contributed by atoms with Crippen molar-refractivity contribution in [2.45, 2.75) is 103 Å². The number of likely N-dealkylation sites (N-methyl/N-ethyl adjacent to an activating group) is 1. The Morgan fingerprint density at radius 3 is 2.36 bits per heavy atom. The van der Waals surface area contributed by atoms with Crippen LogP contribution in [0.15, 0.2) is 24.3 Å². The normalized spacial score (nSPS) is 15.9. The van der Waals surface area contributed by atoms with Gasteiger partial charge >= 0.3 is 6.09 Å². The van der Waals surface area contributed by atoms with E-state index in [0.29, 0.717) is 5.56 Å². The Hall–Kier alpha value is -3.10. The van der Waals surface area contributed by atoms with E-state index in [9.17, 15) is 19.2 Å². The number of nitrogens with one attached hydrogen (secondary N) is 2. The summed E-state index contributed by atoms with van der Waals surface area (Å²) >= 11 is 0. The molecule has 1 fully saturated rings. The Bertz CT molecular complexity index is 921. The molecule has 9 heteroatoms. The summed E-state index contributed by atoms with van der Waals surface area (Å²) in [7, 11) is 0. The standard InChI is InChI=1S/C27H42N4O5/c1-6-31(25(34)21(15-16-22(28)32)30-26(35)36-27(3,4)5)23(19-12-10-11-18(2)17-19)24(33)29-20-13-8-7-9-14-20/h10-12,17,20-21,23H,6-9,13-16H2,1-5H3,(H2,28,32)(H,29,33)(H,30,35). The maximum absolute atomic E-state index is 13.8. The highest BCUT2D eigenvalue weighted by Gasteiger charge is 2.36. The Morgan fingerprint density at radius 1 is 1.14 bits per heavy atom. The zero-order chi connectivity index (χ0) is 26.9. The number of rotatable bonds is 10. The van der Waals surface area contributed by atoms with Crippen molar-refractivity contribution >= 4 is 23.8 Å². The molecule has 2 rings (SSSR count). The van der Waals surface area contributed by atoms with Gasteiger partial charge in [0.25, 0.3) is 0 Å². The summed E-state index contributed by atoms with van der Waals surface area (Å²) in [6, 6.07) is 5.60. The molecule has 1 aliphatic carbocycles. The molecule has 1 aromatic rings. The zero-order valence-electron chi connectivity index (χ0n) is 22.3. The van der Waals surface area contributed by atoms with Crippen molar-refractivity contribution in [1.29, 1.82) is 0 Å². The van der Waals surface area contributed by atoms with Gasteiger partial charge in [-0.25, -0.2) is 4.79 Å². The summed E-state index contributed by atoms with van der Waals surface area (Å²) in [5, 5.41) is 5.74. The molecule has 0 saturated heterocycles. The first kappa shape index (κ1) is 29.1. The maximum atomic E-state index is 13.8. The van der Waals surface area contributed by atoms with Gasteiger partial charge in [0.05, 0.1) is 0 Å². The van der Waals surface area contributed by atoms with Gasteiger partial charge in [-0.3, -0.25) is 14.4 Å². The fourth-order valence-electron chi connectivity index (χ4n) is 4.50. The third-order valence-corrected chi connectivity index (χ3v) is 6.16. The summed E-state index contributed by atoms with van der Waals surface area (Å²) < 4.78 is 5.33. The lowest BCUT2D eigenvalue weighted by molar-refractivity contribution is -0.142. The molecule has 0 aliphatic heterocycles. The fourth-order valence-corrected chi connectivity index (χ4v) is 4.50. The smallest absolute Gasteiger partial charge is 0.408 e. The molecule has 4 N–H and O–H groups in total. The van der Waals surface area contributed by atoms with E-state index in [1.165, 1.54) is 4.90 Å². The van der Waals surface area contributed by atoms with Gasteiger partial charge in [0, 0.05) is 19.0 Å². The van der Waals surface area contributed by atoms with Crippen LogP contribution in [-0.4, -0.2) is 52.9 Å². The molecule has 0 aromatic heterocycles. The van der Waals surface area contributed by atoms with Crippen molar-refractivity contribution in [1.82, 2.24) is 15.5 Å². The lowest BCUT2D eigenvalue weighted by Crippen LogP contribution is -2.54. The topological polar surface area (TPSA) is 131 Å². The number of aryl methyl sites for hydroxylation is 1. The molecule has 0 spiro atoms. The molecule has 0 radical (unpaired) electrons. The van der Waals surface area contributed by atoms with Crippen molar-refractivity contribution in [2.75, 3.05) is 6.54 Å². The highest BCUT2D eigenvalue weighted by atomic mass is 16.6. The number of carbonyl (C=O) groups is 4. The first-order valence-electron chi connectivity index (χ1n) is 12.9. The van der Waals surface area contributed by atoms with Crippen LogP contribution in [0, 0.1) is 6.92 Å². The second kappa shape index (κ2) is 13.3. The summed E-state index contributed by atoms with van der Waals surface area (Å²) in [6.45, 7) is 9.08. The van der Waals surface area contributed by atoms with Gasteiger partial charge < -0.3 is 26.0 Å². The van der Waals surface area contributed by atoms with Gasteiger partial charge in [-0.1, -0.05) is 49.1 Å². The van der Waals surface area contributed by atoms with Gasteiger partial charge in [-0.2, -0.15) is 0 Å². The summed E-state index contributed by atoms with van der Waals surface area (Å²) in [5.74, 6) is -1.32. The molecule has 2 atom stereocenters. The molecule has 9 nitrogen and oxygen atoms in total. The number of primary amides is 1. The minimum absolute atomic E-state index is 0.00527. The molecule has 200 valence electrons. The average molecular weight is 503 g/mol. The number of hydrogen-bond donors (Lipinski definition) is 3. The van der Waals surface area contributed by atoms with Gasteiger partial charge in [0.15, 0.2) is 0 Å². The number of benzene rings is 1. The fraction of sp³-hybridized carbons (Fsp3) is 0.630. The number of ether oxygens (including phenoxy) is 1. The van der Waals surface area contributed by atoms with Crippen LogP contribution in [0.4, 0.5) is 4.79 Å². The van der Waals surface area contributed by atoms with Crippen molar-refractivity contribution in [3.63, 3.8) is 0 Å². The van der Waals surface area contributed by atoms with E-state index in [2.05, 4.69) is 10.6 Å². The van der Waals surface area contributed by atoms with Crippen LogP contribution in [-0.2, 0) is 19.1 Å². The quantitative estimate of drug-likeness (QED) is 0.451. The van der Waals surface area contributed by atoms with Crippen LogP contribution in [0.3, 0.4) is 0 Å². The SMILES string of the molecule is CCN(C(=O)C(CCC(N)=O)NC(=O)OC(C)(C)C)C(C(=O)NC1CCCCC1)c1cccc(C)c1. The maximum Gasteiger partial charge on any atom is 0.408 e. The highest BCUT2D eigenvalue weighted by Crippen LogP contribution is 2.26. The van der Waals surface area contributed by atoms with Crippen molar-refractivity contribution in [2.24, 2.45) is 5.73 Å². The van der Waals surface area contributed by atoms with Crippen LogP contribution in [0.25, 0.3) is 0 Å². The lowest BCUT2D eigenvalue weighted by atomic mass is 9.94. The monoisotopic (exact) mass is 502 g/mol. The van der Waals surface area contributed by atoms with Gasteiger partial charge in [0.2, 0.25) is 17.7 Å². The van der Waals surface area contributed by atoms with E-state index in [4.69, 9.17) is 10.5 Å². The molecule has 2 unspecified atom stereocenters.